The van der Waals surface area contributed by atoms with E-state index in [0.717, 1.165) is 15.8 Å². The minimum atomic E-state index is -0.625. The Morgan fingerprint density at radius 1 is 0.889 bits per heavy atom. The molecule has 0 N–H and O–H groups in total. The molecule has 7 nitrogen and oxygen atoms in total. The average molecular weight is 483 g/mol. The van der Waals surface area contributed by atoms with Crippen molar-refractivity contribution in [2.75, 3.05) is 7.11 Å². The first-order chi connectivity index (χ1) is 17.4. The minimum Gasteiger partial charge on any atom is -0.497 e. The van der Waals surface area contributed by atoms with Crippen molar-refractivity contribution < 1.29 is 13.9 Å². The zero-order valence-corrected chi connectivity index (χ0v) is 19.9. The molecule has 1 aliphatic heterocycles. The van der Waals surface area contributed by atoms with Crippen molar-refractivity contribution in [1.82, 2.24) is 13.7 Å². The van der Waals surface area contributed by atoms with Crippen LogP contribution in [0.15, 0.2) is 82.4 Å². The van der Waals surface area contributed by atoms with Gasteiger partial charge >= 0.3 is 5.69 Å². The third-order valence-electron chi connectivity index (χ3n) is 6.74. The number of hydrogen-bond donors (Lipinski definition) is 0. The molecule has 0 saturated carbocycles. The quantitative estimate of drug-likeness (QED) is 0.383. The Hall–Kier alpha value is -4.59. The van der Waals surface area contributed by atoms with Gasteiger partial charge < -0.3 is 14.0 Å². The second kappa shape index (κ2) is 7.98. The van der Waals surface area contributed by atoms with Crippen LogP contribution in [0.2, 0.25) is 0 Å². The number of ether oxygens (including phenoxy) is 2. The number of rotatable bonds is 3. The fraction of sp³-hybridized carbons (Fsp3) is 0.143. The topological polar surface area (TPSA) is 67.4 Å². The standard InChI is InChI=1S/C28H22FN3O4/c1-30-24-22(27(33)31(2)28(30)34)23(16-8-12-18(29)13-9-16)32-20-6-4-5-7-21(20)36-26(25(24)32)17-10-14-19(35-3)15-11-17/h4-15,26H,1-3H3/t26-/m1/s1. The molecule has 0 aliphatic carbocycles. The fourth-order valence-electron chi connectivity index (χ4n) is 5.00. The lowest BCUT2D eigenvalue weighted by Crippen LogP contribution is -2.37. The largest absolute Gasteiger partial charge is 0.497 e. The van der Waals surface area contributed by atoms with E-state index >= 15 is 0 Å². The number of aromatic nitrogens is 3. The molecule has 5 aromatic rings. The predicted molar refractivity (Wildman–Crippen MR) is 135 cm³/mol. The Balaban J connectivity index is 1.82. The van der Waals surface area contributed by atoms with E-state index in [4.69, 9.17) is 9.47 Å². The first kappa shape index (κ1) is 21.9. The molecule has 0 radical (unpaired) electrons. The zero-order chi connectivity index (χ0) is 25.1. The van der Waals surface area contributed by atoms with Crippen molar-refractivity contribution in [2.45, 2.75) is 6.10 Å². The van der Waals surface area contributed by atoms with Crippen LogP contribution in [0.4, 0.5) is 4.39 Å². The lowest BCUT2D eigenvalue weighted by molar-refractivity contribution is 0.229. The fourth-order valence-corrected chi connectivity index (χ4v) is 5.00. The zero-order valence-electron chi connectivity index (χ0n) is 19.9. The summed E-state index contributed by atoms with van der Waals surface area (Å²) in [5, 5.41) is 0.361. The van der Waals surface area contributed by atoms with Crippen molar-refractivity contribution in [3.63, 3.8) is 0 Å². The maximum atomic E-state index is 13.9. The number of nitrogens with zero attached hydrogens (tertiary/aromatic N) is 3. The Morgan fingerprint density at radius 2 is 1.58 bits per heavy atom. The molecule has 0 unspecified atom stereocenters. The van der Waals surface area contributed by atoms with Gasteiger partial charge in [-0.05, 0) is 59.7 Å². The van der Waals surface area contributed by atoms with Crippen molar-refractivity contribution in [3.8, 4) is 28.4 Å². The molecule has 36 heavy (non-hydrogen) atoms. The van der Waals surface area contributed by atoms with E-state index in [1.807, 2.05) is 53.1 Å². The molecule has 2 aromatic heterocycles. The molecule has 0 spiro atoms. The van der Waals surface area contributed by atoms with Gasteiger partial charge in [-0.3, -0.25) is 13.9 Å². The third-order valence-corrected chi connectivity index (χ3v) is 6.74. The number of halogens is 1. The van der Waals surface area contributed by atoms with Crippen LogP contribution in [-0.2, 0) is 14.1 Å². The smallest absolute Gasteiger partial charge is 0.331 e. The molecule has 0 bridgehead atoms. The van der Waals surface area contributed by atoms with Crippen molar-refractivity contribution >= 4 is 10.9 Å². The number of aryl methyl sites for hydroxylation is 1. The number of methoxy groups -OCH3 is 1. The van der Waals surface area contributed by atoms with E-state index in [1.165, 1.54) is 23.7 Å². The Labute approximate surface area is 205 Å². The third kappa shape index (κ3) is 3.04. The van der Waals surface area contributed by atoms with Gasteiger partial charge in [0.25, 0.3) is 5.56 Å². The van der Waals surface area contributed by atoms with Gasteiger partial charge in [0.05, 0.1) is 35.1 Å². The molecule has 0 saturated heterocycles. The van der Waals surface area contributed by atoms with Crippen LogP contribution in [0.25, 0.3) is 27.8 Å². The Kier molecular flexibility index (Phi) is 4.86. The van der Waals surface area contributed by atoms with E-state index < -0.39 is 17.4 Å². The van der Waals surface area contributed by atoms with E-state index in [1.54, 1.807) is 26.3 Å². The van der Waals surface area contributed by atoms with Gasteiger partial charge in [0.1, 0.15) is 17.3 Å². The van der Waals surface area contributed by atoms with Crippen LogP contribution >= 0.6 is 0 Å². The van der Waals surface area contributed by atoms with Crippen LogP contribution in [-0.4, -0.2) is 20.8 Å². The maximum absolute atomic E-state index is 13.9. The number of para-hydroxylation sites is 2. The predicted octanol–water partition coefficient (Wildman–Crippen LogP) is 4.32. The minimum absolute atomic E-state index is 0.361. The molecule has 8 heteroatoms. The molecular formula is C28H22FN3O4. The second-order valence-electron chi connectivity index (χ2n) is 8.74. The highest BCUT2D eigenvalue weighted by atomic mass is 19.1. The first-order valence-electron chi connectivity index (χ1n) is 11.4. The first-order valence-corrected chi connectivity index (χ1v) is 11.4. The van der Waals surface area contributed by atoms with Gasteiger partial charge in [-0.2, -0.15) is 0 Å². The number of fused-ring (bicyclic) bond motifs is 5. The summed E-state index contributed by atoms with van der Waals surface area (Å²) >= 11 is 0. The van der Waals surface area contributed by atoms with Gasteiger partial charge in [-0.1, -0.05) is 24.3 Å². The van der Waals surface area contributed by atoms with E-state index in [0.29, 0.717) is 39.4 Å². The summed E-state index contributed by atoms with van der Waals surface area (Å²) in [4.78, 5) is 26.7. The molecular weight excluding hydrogens is 461 g/mol. The summed E-state index contributed by atoms with van der Waals surface area (Å²) in [6, 6.07) is 21.0. The van der Waals surface area contributed by atoms with Crippen LogP contribution in [0.3, 0.4) is 0 Å². The molecule has 0 fully saturated rings. The number of hydrogen-bond acceptors (Lipinski definition) is 4. The molecule has 3 aromatic carbocycles. The van der Waals surface area contributed by atoms with Crippen molar-refractivity contribution in [1.29, 1.82) is 0 Å². The van der Waals surface area contributed by atoms with Crippen molar-refractivity contribution in [2.24, 2.45) is 14.1 Å². The molecule has 180 valence electrons. The number of benzene rings is 3. The van der Waals surface area contributed by atoms with Crippen LogP contribution < -0.4 is 20.7 Å². The summed E-state index contributed by atoms with van der Waals surface area (Å²) in [6.45, 7) is 0. The summed E-state index contributed by atoms with van der Waals surface area (Å²) in [6.07, 6.45) is -0.625. The van der Waals surface area contributed by atoms with Gasteiger partial charge in [0, 0.05) is 14.1 Å². The average Bonchev–Trinajstić information content (AvgIpc) is 3.27. The summed E-state index contributed by atoms with van der Waals surface area (Å²) in [7, 11) is 4.70. The molecule has 1 aliphatic rings. The monoisotopic (exact) mass is 483 g/mol. The second-order valence-corrected chi connectivity index (χ2v) is 8.74. The van der Waals surface area contributed by atoms with Gasteiger partial charge in [-0.25, -0.2) is 9.18 Å². The summed E-state index contributed by atoms with van der Waals surface area (Å²) in [5.41, 5.74) is 3.01. The highest BCUT2D eigenvalue weighted by molar-refractivity contribution is 5.98. The van der Waals surface area contributed by atoms with Gasteiger partial charge in [-0.15, -0.1) is 0 Å². The Bertz CT molecular complexity index is 1760. The summed E-state index contributed by atoms with van der Waals surface area (Å²) < 4.78 is 30.2. The molecule has 6 rings (SSSR count). The Morgan fingerprint density at radius 3 is 2.28 bits per heavy atom. The van der Waals surface area contributed by atoms with Gasteiger partial charge in [0.2, 0.25) is 0 Å². The summed E-state index contributed by atoms with van der Waals surface area (Å²) in [5.74, 6) is 0.938. The van der Waals surface area contributed by atoms with Gasteiger partial charge in [0.15, 0.2) is 6.10 Å². The van der Waals surface area contributed by atoms with E-state index in [-0.39, 0.29) is 5.82 Å². The molecule has 0 amide bonds. The SMILES string of the molecule is COc1ccc([C@H]2Oc3ccccc3-n3c(-c4ccc(F)cc4)c4c(=O)n(C)c(=O)n(C)c4c32)cc1. The lowest BCUT2D eigenvalue weighted by Gasteiger charge is -2.30. The van der Waals surface area contributed by atoms with E-state index in [9.17, 15) is 14.0 Å². The van der Waals surface area contributed by atoms with Crippen molar-refractivity contribution in [3.05, 3.63) is 111 Å². The van der Waals surface area contributed by atoms with Crippen LogP contribution in [0.1, 0.15) is 17.4 Å². The lowest BCUT2D eigenvalue weighted by atomic mass is 10.0. The molecule has 3 heterocycles. The van der Waals surface area contributed by atoms with Crippen LogP contribution in [0, 0.1) is 5.82 Å². The maximum Gasteiger partial charge on any atom is 0.331 e. The highest BCUT2D eigenvalue weighted by Crippen LogP contribution is 2.46. The molecule has 1 atom stereocenters. The highest BCUT2D eigenvalue weighted by Gasteiger charge is 2.36. The van der Waals surface area contributed by atoms with Crippen LogP contribution in [0.5, 0.6) is 11.5 Å². The normalized spacial score (nSPS) is 14.3. The van der Waals surface area contributed by atoms with E-state index in [2.05, 4.69) is 0 Å².